The Kier molecular flexibility index (Phi) is 4.83. The summed E-state index contributed by atoms with van der Waals surface area (Å²) in [6.45, 7) is 0.668. The summed E-state index contributed by atoms with van der Waals surface area (Å²) in [6.07, 6.45) is 8.59. The second-order valence-corrected chi connectivity index (χ2v) is 10.6. The van der Waals surface area contributed by atoms with Crippen LogP contribution in [-0.4, -0.2) is 10.3 Å². The average molecular weight is 397 g/mol. The van der Waals surface area contributed by atoms with Gasteiger partial charge in [0.05, 0.1) is 5.66 Å². The zero-order valence-electron chi connectivity index (χ0n) is 16.2. The van der Waals surface area contributed by atoms with E-state index in [1.807, 2.05) is 42.5 Å². The second-order valence-electron chi connectivity index (χ2n) is 7.73. The molecule has 1 heterocycles. The lowest BCUT2D eigenvalue weighted by molar-refractivity contribution is 0.307. The van der Waals surface area contributed by atoms with Gasteiger partial charge in [-0.05, 0) is 11.1 Å². The van der Waals surface area contributed by atoms with E-state index >= 15 is 0 Å². The van der Waals surface area contributed by atoms with Gasteiger partial charge in [0, 0.05) is 23.8 Å². The minimum Gasteiger partial charge on any atom is -0.301 e. The summed E-state index contributed by atoms with van der Waals surface area (Å²) in [7, 11) is -2.86. The van der Waals surface area contributed by atoms with Crippen LogP contribution in [0.15, 0.2) is 115 Å². The van der Waals surface area contributed by atoms with E-state index in [9.17, 15) is 4.57 Å². The summed E-state index contributed by atoms with van der Waals surface area (Å²) < 4.78 is 17.2. The molecule has 29 heavy (non-hydrogen) atoms. The summed E-state index contributed by atoms with van der Waals surface area (Å²) in [5.41, 5.74) is 2.41. The van der Waals surface area contributed by atoms with Gasteiger partial charge < -0.3 is 4.57 Å². The van der Waals surface area contributed by atoms with Gasteiger partial charge in [-0.25, -0.2) is 4.67 Å². The van der Waals surface area contributed by atoms with Gasteiger partial charge in [-0.2, -0.15) is 0 Å². The van der Waals surface area contributed by atoms with Crippen LogP contribution in [0.5, 0.6) is 0 Å². The van der Waals surface area contributed by atoms with Gasteiger partial charge in [-0.1, -0.05) is 115 Å². The molecule has 0 aromatic heterocycles. The van der Waals surface area contributed by atoms with E-state index in [1.165, 1.54) is 11.1 Å². The Morgan fingerprint density at radius 3 is 2.00 bits per heavy atom. The Labute approximate surface area is 172 Å². The molecule has 5 rings (SSSR count). The van der Waals surface area contributed by atoms with Crippen molar-refractivity contribution in [1.29, 1.82) is 0 Å². The molecule has 144 valence electrons. The zero-order valence-corrected chi connectivity index (χ0v) is 17.1. The van der Waals surface area contributed by atoms with Crippen LogP contribution in [0.4, 0.5) is 0 Å². The SMILES string of the molecule is O=[P@]1(c2ccccc2)[C@@H]2C=CC=C[C@@H]2[C@@H](c2ccccc2)N1Cc1ccccc1. The molecule has 0 N–H and O–H groups in total. The minimum atomic E-state index is -2.86. The smallest absolute Gasteiger partial charge is 0.186 e. The minimum absolute atomic E-state index is 0.0104. The number of hydrogen-bond donors (Lipinski definition) is 0. The van der Waals surface area contributed by atoms with Crippen molar-refractivity contribution >= 4 is 12.6 Å². The molecule has 2 aliphatic rings. The summed E-state index contributed by atoms with van der Waals surface area (Å²) in [6, 6.07) is 31.1. The van der Waals surface area contributed by atoms with Crippen LogP contribution in [-0.2, 0) is 11.1 Å². The molecule has 0 unspecified atom stereocenters. The Balaban J connectivity index is 1.70. The monoisotopic (exact) mass is 397 g/mol. The first kappa shape index (κ1) is 18.4. The van der Waals surface area contributed by atoms with E-state index in [0.29, 0.717) is 6.54 Å². The van der Waals surface area contributed by atoms with Crippen LogP contribution in [0.3, 0.4) is 0 Å². The van der Waals surface area contributed by atoms with Gasteiger partial charge in [0.2, 0.25) is 0 Å². The molecule has 2 nitrogen and oxygen atoms in total. The number of benzene rings is 3. The molecule has 0 radical (unpaired) electrons. The first-order valence-corrected chi connectivity index (χ1v) is 11.9. The van der Waals surface area contributed by atoms with Crippen molar-refractivity contribution < 1.29 is 4.57 Å². The van der Waals surface area contributed by atoms with E-state index < -0.39 is 7.29 Å². The number of allylic oxidation sites excluding steroid dienone is 3. The summed E-state index contributed by atoms with van der Waals surface area (Å²) in [5, 5.41) is 0.948. The zero-order chi connectivity index (χ0) is 19.7. The number of hydrogen-bond acceptors (Lipinski definition) is 1. The molecule has 3 aromatic carbocycles. The van der Waals surface area contributed by atoms with E-state index in [2.05, 4.69) is 77.5 Å². The van der Waals surface area contributed by atoms with Crippen LogP contribution in [0, 0.1) is 5.92 Å². The Morgan fingerprint density at radius 1 is 0.724 bits per heavy atom. The molecule has 0 spiro atoms. The normalized spacial score (nSPS) is 28.3. The number of fused-ring (bicyclic) bond motifs is 1. The predicted molar refractivity (Wildman–Crippen MR) is 120 cm³/mol. The van der Waals surface area contributed by atoms with Crippen molar-refractivity contribution in [1.82, 2.24) is 4.67 Å². The van der Waals surface area contributed by atoms with Gasteiger partial charge in [0.25, 0.3) is 0 Å². The predicted octanol–water partition coefficient (Wildman–Crippen LogP) is 5.96. The van der Waals surface area contributed by atoms with E-state index in [1.54, 1.807) is 0 Å². The maximum atomic E-state index is 14.9. The van der Waals surface area contributed by atoms with E-state index in [0.717, 1.165) is 5.30 Å². The maximum absolute atomic E-state index is 14.9. The highest BCUT2D eigenvalue weighted by Crippen LogP contribution is 2.69. The lowest BCUT2D eigenvalue weighted by atomic mass is 9.87. The second kappa shape index (κ2) is 7.63. The molecule has 0 bridgehead atoms. The quantitative estimate of drug-likeness (QED) is 0.507. The third-order valence-electron chi connectivity index (χ3n) is 6.07. The molecule has 0 saturated carbocycles. The van der Waals surface area contributed by atoms with Crippen molar-refractivity contribution in [2.45, 2.75) is 18.2 Å². The van der Waals surface area contributed by atoms with Gasteiger partial charge >= 0.3 is 0 Å². The van der Waals surface area contributed by atoms with E-state index in [4.69, 9.17) is 0 Å². The third kappa shape index (κ3) is 3.13. The first-order valence-electron chi connectivity index (χ1n) is 10.1. The Hall–Kier alpha value is -2.67. The summed E-state index contributed by atoms with van der Waals surface area (Å²) >= 11 is 0. The topological polar surface area (TPSA) is 20.3 Å². The van der Waals surface area contributed by atoms with Crippen LogP contribution in [0.1, 0.15) is 17.2 Å². The Bertz CT molecular complexity index is 1080. The summed E-state index contributed by atoms with van der Waals surface area (Å²) in [5.74, 6) is 0.192. The van der Waals surface area contributed by atoms with Gasteiger partial charge in [0.15, 0.2) is 7.29 Å². The molecule has 3 heteroatoms. The van der Waals surface area contributed by atoms with Crippen LogP contribution >= 0.6 is 7.29 Å². The van der Waals surface area contributed by atoms with E-state index in [-0.39, 0.29) is 17.6 Å². The largest absolute Gasteiger partial charge is 0.301 e. The van der Waals surface area contributed by atoms with Gasteiger partial charge in [-0.3, -0.25) is 0 Å². The van der Waals surface area contributed by atoms with Crippen molar-refractivity contribution in [3.05, 3.63) is 126 Å². The molecule has 1 fully saturated rings. The van der Waals surface area contributed by atoms with Gasteiger partial charge in [0.1, 0.15) is 0 Å². The van der Waals surface area contributed by atoms with Crippen LogP contribution < -0.4 is 5.30 Å². The van der Waals surface area contributed by atoms with Crippen LogP contribution in [0.2, 0.25) is 0 Å². The maximum Gasteiger partial charge on any atom is 0.186 e. The first-order chi connectivity index (χ1) is 14.3. The highest BCUT2D eigenvalue weighted by Gasteiger charge is 2.55. The van der Waals surface area contributed by atoms with Crippen LogP contribution in [0.25, 0.3) is 0 Å². The fraction of sp³-hybridized carbons (Fsp3) is 0.154. The molecular formula is C26H24NOP. The third-order valence-corrected chi connectivity index (χ3v) is 9.59. The number of rotatable bonds is 4. The standard InChI is InChI=1S/C26H24NOP/c28-29(23-16-8-3-9-17-23)25-19-11-10-18-24(25)26(22-14-6-2-7-15-22)27(29)20-21-12-4-1-5-13-21/h1-19,24-26H,20H2/t24-,25+,26+,29+/m0/s1. The van der Waals surface area contributed by atoms with Crippen molar-refractivity contribution in [2.24, 2.45) is 5.92 Å². The van der Waals surface area contributed by atoms with Crippen molar-refractivity contribution in [2.75, 3.05) is 0 Å². The fourth-order valence-electron chi connectivity index (χ4n) is 4.79. The summed E-state index contributed by atoms with van der Waals surface area (Å²) in [4.78, 5) is 0. The Morgan fingerprint density at radius 2 is 1.31 bits per heavy atom. The molecule has 1 aliphatic carbocycles. The average Bonchev–Trinajstić information content (AvgIpc) is 3.05. The lowest BCUT2D eigenvalue weighted by Gasteiger charge is -2.32. The molecule has 1 aliphatic heterocycles. The molecule has 3 aromatic rings. The lowest BCUT2D eigenvalue weighted by Crippen LogP contribution is -2.26. The highest BCUT2D eigenvalue weighted by molar-refractivity contribution is 7.70. The van der Waals surface area contributed by atoms with Crippen molar-refractivity contribution in [3.63, 3.8) is 0 Å². The molecule has 1 saturated heterocycles. The molecular weight excluding hydrogens is 373 g/mol. The molecule has 0 amide bonds. The number of nitrogens with zero attached hydrogens (tertiary/aromatic N) is 1. The highest BCUT2D eigenvalue weighted by atomic mass is 31.2. The van der Waals surface area contributed by atoms with Crippen molar-refractivity contribution in [3.8, 4) is 0 Å². The fourth-order valence-corrected chi connectivity index (χ4v) is 8.46. The van der Waals surface area contributed by atoms with Gasteiger partial charge in [-0.15, -0.1) is 0 Å². The molecule has 4 atom stereocenters.